The Kier molecular flexibility index (Phi) is 7.11. The van der Waals surface area contributed by atoms with Crippen molar-refractivity contribution in [2.45, 2.75) is 32.1 Å². The Labute approximate surface area is 109 Å². The fourth-order valence-electron chi connectivity index (χ4n) is 1.97. The maximum absolute atomic E-state index is 10.4. The van der Waals surface area contributed by atoms with E-state index in [1.165, 1.54) is 18.4 Å². The topological polar surface area (TPSA) is 40.5 Å². The van der Waals surface area contributed by atoms with Crippen LogP contribution < -0.4 is 0 Å². The SMILES string of the molecule is CN(CCCCc1ccccc1)CCCC(=O)O. The summed E-state index contributed by atoms with van der Waals surface area (Å²) in [6.45, 7) is 1.92. The molecule has 1 aromatic carbocycles. The Bertz CT molecular complexity index is 338. The summed E-state index contributed by atoms with van der Waals surface area (Å²) in [7, 11) is 2.06. The molecule has 0 bridgehead atoms. The zero-order valence-electron chi connectivity index (χ0n) is 11.1. The van der Waals surface area contributed by atoms with Crippen LogP contribution in [0.2, 0.25) is 0 Å². The second-order valence-corrected chi connectivity index (χ2v) is 4.74. The Hall–Kier alpha value is -1.35. The maximum Gasteiger partial charge on any atom is 0.303 e. The lowest BCUT2D eigenvalue weighted by Crippen LogP contribution is -2.21. The summed E-state index contributed by atoms with van der Waals surface area (Å²) in [5.41, 5.74) is 1.39. The normalized spacial score (nSPS) is 10.8. The maximum atomic E-state index is 10.4. The van der Waals surface area contributed by atoms with Crippen molar-refractivity contribution >= 4 is 5.97 Å². The molecule has 0 aliphatic rings. The highest BCUT2D eigenvalue weighted by Crippen LogP contribution is 2.05. The highest BCUT2D eigenvalue weighted by atomic mass is 16.4. The molecule has 0 heterocycles. The van der Waals surface area contributed by atoms with Crippen molar-refractivity contribution in [3.8, 4) is 0 Å². The molecule has 3 nitrogen and oxygen atoms in total. The van der Waals surface area contributed by atoms with Gasteiger partial charge in [-0.1, -0.05) is 30.3 Å². The summed E-state index contributed by atoms with van der Waals surface area (Å²) >= 11 is 0. The molecule has 1 N–H and O–H groups in total. The Morgan fingerprint density at radius 1 is 1.11 bits per heavy atom. The minimum absolute atomic E-state index is 0.272. The molecule has 18 heavy (non-hydrogen) atoms. The van der Waals surface area contributed by atoms with Gasteiger partial charge >= 0.3 is 5.97 Å². The fourth-order valence-corrected chi connectivity index (χ4v) is 1.97. The van der Waals surface area contributed by atoms with E-state index in [2.05, 4.69) is 36.2 Å². The second-order valence-electron chi connectivity index (χ2n) is 4.74. The number of benzene rings is 1. The monoisotopic (exact) mass is 249 g/mol. The van der Waals surface area contributed by atoms with E-state index in [0.717, 1.165) is 25.9 Å². The van der Waals surface area contributed by atoms with Crippen LogP contribution in [0.1, 0.15) is 31.2 Å². The number of aryl methyl sites for hydroxylation is 1. The number of hydrogen-bond acceptors (Lipinski definition) is 2. The molecule has 0 unspecified atom stereocenters. The van der Waals surface area contributed by atoms with Crippen LogP contribution in [-0.2, 0) is 11.2 Å². The van der Waals surface area contributed by atoms with Crippen LogP contribution in [-0.4, -0.2) is 36.1 Å². The van der Waals surface area contributed by atoms with Gasteiger partial charge in [-0.05, 0) is 51.4 Å². The van der Waals surface area contributed by atoms with Gasteiger partial charge in [-0.15, -0.1) is 0 Å². The molecule has 1 rings (SSSR count). The van der Waals surface area contributed by atoms with Gasteiger partial charge < -0.3 is 10.0 Å². The van der Waals surface area contributed by atoms with E-state index in [1.807, 2.05) is 6.07 Å². The van der Waals surface area contributed by atoms with Crippen LogP contribution in [0.3, 0.4) is 0 Å². The molecule has 0 amide bonds. The van der Waals surface area contributed by atoms with E-state index in [9.17, 15) is 4.79 Å². The van der Waals surface area contributed by atoms with Crippen LogP contribution in [0.15, 0.2) is 30.3 Å². The van der Waals surface area contributed by atoms with E-state index in [0.29, 0.717) is 0 Å². The fraction of sp³-hybridized carbons (Fsp3) is 0.533. The molecule has 0 aromatic heterocycles. The molecule has 3 heteroatoms. The molecule has 0 fully saturated rings. The molecule has 100 valence electrons. The van der Waals surface area contributed by atoms with E-state index in [-0.39, 0.29) is 6.42 Å². The van der Waals surface area contributed by atoms with Crippen molar-refractivity contribution in [2.75, 3.05) is 20.1 Å². The number of carbonyl (C=O) groups is 1. The highest BCUT2D eigenvalue weighted by molar-refractivity contribution is 5.66. The Morgan fingerprint density at radius 2 is 1.78 bits per heavy atom. The van der Waals surface area contributed by atoms with Crippen molar-refractivity contribution in [1.82, 2.24) is 4.90 Å². The van der Waals surface area contributed by atoms with Gasteiger partial charge in [0.05, 0.1) is 0 Å². The van der Waals surface area contributed by atoms with E-state index in [4.69, 9.17) is 5.11 Å². The second kappa shape index (κ2) is 8.70. The number of carboxylic acids is 1. The van der Waals surface area contributed by atoms with Crippen molar-refractivity contribution < 1.29 is 9.90 Å². The molecule has 0 aliphatic heterocycles. The predicted octanol–water partition coefficient (Wildman–Crippen LogP) is 2.81. The van der Waals surface area contributed by atoms with Crippen molar-refractivity contribution in [1.29, 1.82) is 0 Å². The van der Waals surface area contributed by atoms with Crippen molar-refractivity contribution in [3.05, 3.63) is 35.9 Å². The molecule has 0 atom stereocenters. The Balaban J connectivity index is 2.02. The molecule has 0 aliphatic carbocycles. The van der Waals surface area contributed by atoms with Crippen molar-refractivity contribution in [2.24, 2.45) is 0 Å². The van der Waals surface area contributed by atoms with E-state index in [1.54, 1.807) is 0 Å². The summed E-state index contributed by atoms with van der Waals surface area (Å²) in [4.78, 5) is 12.6. The van der Waals surface area contributed by atoms with Crippen LogP contribution in [0.25, 0.3) is 0 Å². The lowest BCUT2D eigenvalue weighted by Gasteiger charge is -2.15. The molecule has 0 spiro atoms. The van der Waals surface area contributed by atoms with Crippen LogP contribution in [0.5, 0.6) is 0 Å². The first-order valence-electron chi connectivity index (χ1n) is 6.63. The first-order valence-corrected chi connectivity index (χ1v) is 6.63. The summed E-state index contributed by atoms with van der Waals surface area (Å²) in [6.07, 6.45) is 4.49. The molecule has 1 aromatic rings. The van der Waals surface area contributed by atoms with Gasteiger partial charge in [0.1, 0.15) is 0 Å². The average molecular weight is 249 g/mol. The smallest absolute Gasteiger partial charge is 0.303 e. The number of aliphatic carboxylic acids is 1. The minimum atomic E-state index is -0.701. The molecule has 0 radical (unpaired) electrons. The van der Waals surface area contributed by atoms with Gasteiger partial charge in [0, 0.05) is 6.42 Å². The van der Waals surface area contributed by atoms with E-state index < -0.39 is 5.97 Å². The van der Waals surface area contributed by atoms with Gasteiger partial charge in [-0.25, -0.2) is 0 Å². The van der Waals surface area contributed by atoms with Gasteiger partial charge in [0.2, 0.25) is 0 Å². The molecular weight excluding hydrogens is 226 g/mol. The van der Waals surface area contributed by atoms with Crippen LogP contribution in [0, 0.1) is 0 Å². The highest BCUT2D eigenvalue weighted by Gasteiger charge is 2.01. The summed E-state index contributed by atoms with van der Waals surface area (Å²) in [5, 5.41) is 8.55. The van der Waals surface area contributed by atoms with Gasteiger partial charge in [-0.2, -0.15) is 0 Å². The molecular formula is C15H23NO2. The minimum Gasteiger partial charge on any atom is -0.481 e. The van der Waals surface area contributed by atoms with Gasteiger partial charge in [0.15, 0.2) is 0 Å². The molecule has 0 saturated carbocycles. The quantitative estimate of drug-likeness (QED) is 0.684. The third-order valence-corrected chi connectivity index (χ3v) is 3.03. The standard InChI is InChI=1S/C15H23NO2/c1-16(13-7-11-15(17)18)12-6-5-10-14-8-3-2-4-9-14/h2-4,8-9H,5-7,10-13H2,1H3,(H,17,18). The number of rotatable bonds is 9. The van der Waals surface area contributed by atoms with E-state index >= 15 is 0 Å². The number of carboxylic acid groups (broad SMARTS) is 1. The lowest BCUT2D eigenvalue weighted by atomic mass is 10.1. The predicted molar refractivity (Wildman–Crippen MR) is 73.7 cm³/mol. The van der Waals surface area contributed by atoms with Gasteiger partial charge in [-0.3, -0.25) is 4.79 Å². The average Bonchev–Trinajstić information content (AvgIpc) is 2.35. The van der Waals surface area contributed by atoms with Crippen LogP contribution >= 0.6 is 0 Å². The van der Waals surface area contributed by atoms with Crippen LogP contribution in [0.4, 0.5) is 0 Å². The largest absolute Gasteiger partial charge is 0.481 e. The number of unbranched alkanes of at least 4 members (excludes halogenated alkanes) is 1. The third kappa shape index (κ3) is 7.07. The zero-order chi connectivity index (χ0) is 13.2. The number of nitrogens with zero attached hydrogens (tertiary/aromatic N) is 1. The first kappa shape index (κ1) is 14.7. The first-order chi connectivity index (χ1) is 8.68. The third-order valence-electron chi connectivity index (χ3n) is 3.03. The Morgan fingerprint density at radius 3 is 2.44 bits per heavy atom. The van der Waals surface area contributed by atoms with Crippen molar-refractivity contribution in [3.63, 3.8) is 0 Å². The molecule has 0 saturated heterocycles. The summed E-state index contributed by atoms with van der Waals surface area (Å²) < 4.78 is 0. The summed E-state index contributed by atoms with van der Waals surface area (Å²) in [5.74, 6) is -0.701. The van der Waals surface area contributed by atoms with Gasteiger partial charge in [0.25, 0.3) is 0 Å². The number of hydrogen-bond donors (Lipinski definition) is 1. The lowest BCUT2D eigenvalue weighted by molar-refractivity contribution is -0.137. The summed E-state index contributed by atoms with van der Waals surface area (Å²) in [6, 6.07) is 10.5. The zero-order valence-corrected chi connectivity index (χ0v) is 11.1.